The van der Waals surface area contributed by atoms with Gasteiger partial charge in [-0.05, 0) is 31.2 Å². The fraction of sp³-hybridized carbons (Fsp3) is 0.364. The van der Waals surface area contributed by atoms with Crippen LogP contribution in [0.1, 0.15) is 5.56 Å². The quantitative estimate of drug-likeness (QED) is 0.684. The molecule has 0 aliphatic rings. The van der Waals surface area contributed by atoms with E-state index in [1.54, 1.807) is 19.2 Å². The number of carboxylic acid groups (broad SMARTS) is 1. The molecule has 0 bridgehead atoms. The fourth-order valence-electron chi connectivity index (χ4n) is 1.40. The summed E-state index contributed by atoms with van der Waals surface area (Å²) in [6.07, 6.45) is 0.336. The second-order valence-electron chi connectivity index (χ2n) is 3.39. The molecule has 0 aromatic heterocycles. The molecule has 1 aromatic carbocycles. The summed E-state index contributed by atoms with van der Waals surface area (Å²) in [6, 6.07) is 4.14. The molecular weight excluding hydrogens is 210 g/mol. The van der Waals surface area contributed by atoms with Crippen molar-refractivity contribution in [2.75, 3.05) is 14.2 Å². The number of likely N-dealkylation sites (N-methyl/N-ethyl adjacent to an activating group) is 1. The number of carboxylic acids is 1. The van der Waals surface area contributed by atoms with Crippen LogP contribution in [0.25, 0.3) is 0 Å². The Hall–Kier alpha value is -1.75. The van der Waals surface area contributed by atoms with Gasteiger partial charge in [0.25, 0.3) is 0 Å². The van der Waals surface area contributed by atoms with E-state index in [0.717, 1.165) is 5.56 Å². The predicted molar refractivity (Wildman–Crippen MR) is 58.8 cm³/mol. The van der Waals surface area contributed by atoms with Crippen molar-refractivity contribution in [3.63, 3.8) is 0 Å². The Morgan fingerprint density at radius 3 is 2.75 bits per heavy atom. The van der Waals surface area contributed by atoms with Gasteiger partial charge in [-0.25, -0.2) is 0 Å². The number of hydrogen-bond acceptors (Lipinski definition) is 4. The molecule has 0 aliphatic heterocycles. The minimum absolute atomic E-state index is 0.0441. The number of aromatic hydroxyl groups is 1. The fourth-order valence-corrected chi connectivity index (χ4v) is 1.40. The van der Waals surface area contributed by atoms with E-state index in [-0.39, 0.29) is 5.75 Å². The maximum atomic E-state index is 10.8. The molecular formula is C11H15NO4. The molecule has 5 heteroatoms. The topological polar surface area (TPSA) is 78.8 Å². The number of aliphatic carboxylic acids is 1. The maximum Gasteiger partial charge on any atom is 0.321 e. The SMILES string of the molecule is CN[C@@H](Cc1ccc(O)c(OC)c1)C(=O)O. The number of hydrogen-bond donors (Lipinski definition) is 3. The summed E-state index contributed by atoms with van der Waals surface area (Å²) < 4.78 is 4.94. The van der Waals surface area contributed by atoms with Gasteiger partial charge in [0.1, 0.15) is 6.04 Å². The Bertz CT molecular complexity index is 378. The van der Waals surface area contributed by atoms with E-state index in [2.05, 4.69) is 5.32 Å². The molecule has 3 N–H and O–H groups in total. The lowest BCUT2D eigenvalue weighted by molar-refractivity contribution is -0.139. The van der Waals surface area contributed by atoms with E-state index in [4.69, 9.17) is 9.84 Å². The lowest BCUT2D eigenvalue weighted by Crippen LogP contribution is -2.35. The summed E-state index contributed by atoms with van der Waals surface area (Å²) in [6.45, 7) is 0. The highest BCUT2D eigenvalue weighted by molar-refractivity contribution is 5.73. The van der Waals surface area contributed by atoms with E-state index in [0.29, 0.717) is 12.2 Å². The number of nitrogens with one attached hydrogen (secondary N) is 1. The zero-order valence-electron chi connectivity index (χ0n) is 9.23. The van der Waals surface area contributed by atoms with Gasteiger partial charge in [-0.2, -0.15) is 0 Å². The van der Waals surface area contributed by atoms with Gasteiger partial charge in [0.15, 0.2) is 11.5 Å². The van der Waals surface area contributed by atoms with E-state index >= 15 is 0 Å². The van der Waals surface area contributed by atoms with Gasteiger partial charge in [0.2, 0.25) is 0 Å². The predicted octanol–water partition coefficient (Wildman–Crippen LogP) is 0.616. The molecule has 88 valence electrons. The zero-order chi connectivity index (χ0) is 12.1. The molecule has 0 saturated carbocycles. The normalized spacial score (nSPS) is 12.1. The molecule has 16 heavy (non-hydrogen) atoms. The van der Waals surface area contributed by atoms with Crippen molar-refractivity contribution in [3.05, 3.63) is 23.8 Å². The molecule has 1 atom stereocenters. The average molecular weight is 225 g/mol. The van der Waals surface area contributed by atoms with Crippen LogP contribution in [-0.2, 0) is 11.2 Å². The van der Waals surface area contributed by atoms with Gasteiger partial charge in [-0.1, -0.05) is 6.07 Å². The number of phenolic OH excluding ortho intramolecular Hbond substituents is 1. The van der Waals surface area contributed by atoms with Crippen LogP contribution in [0, 0.1) is 0 Å². The summed E-state index contributed by atoms with van der Waals surface area (Å²) in [5, 5.41) is 21.0. The van der Waals surface area contributed by atoms with Crippen LogP contribution in [0.15, 0.2) is 18.2 Å². The van der Waals surface area contributed by atoms with Gasteiger partial charge in [-0.3, -0.25) is 4.79 Å². The Balaban J connectivity index is 2.84. The smallest absolute Gasteiger partial charge is 0.321 e. The highest BCUT2D eigenvalue weighted by Crippen LogP contribution is 2.26. The maximum absolute atomic E-state index is 10.8. The van der Waals surface area contributed by atoms with E-state index < -0.39 is 12.0 Å². The number of rotatable bonds is 5. The molecule has 0 fully saturated rings. The summed E-state index contributed by atoms with van der Waals surface area (Å²) in [7, 11) is 3.04. The van der Waals surface area contributed by atoms with Crippen LogP contribution >= 0.6 is 0 Å². The van der Waals surface area contributed by atoms with Crippen LogP contribution in [-0.4, -0.2) is 36.4 Å². The monoisotopic (exact) mass is 225 g/mol. The van der Waals surface area contributed by atoms with Crippen LogP contribution in [0.2, 0.25) is 0 Å². The van der Waals surface area contributed by atoms with Gasteiger partial charge in [0.05, 0.1) is 7.11 Å². The molecule has 0 spiro atoms. The molecule has 1 rings (SSSR count). The van der Waals surface area contributed by atoms with Crippen molar-refractivity contribution < 1.29 is 19.7 Å². The molecule has 0 aliphatic carbocycles. The Labute approximate surface area is 93.7 Å². The van der Waals surface area contributed by atoms with Crippen molar-refractivity contribution in [1.29, 1.82) is 0 Å². The first-order valence-electron chi connectivity index (χ1n) is 4.84. The highest BCUT2D eigenvalue weighted by Gasteiger charge is 2.16. The lowest BCUT2D eigenvalue weighted by atomic mass is 10.1. The first-order chi connectivity index (χ1) is 7.58. The number of phenols is 1. The number of carbonyl (C=O) groups is 1. The second kappa shape index (κ2) is 5.37. The largest absolute Gasteiger partial charge is 0.504 e. The van der Waals surface area contributed by atoms with E-state index in [1.165, 1.54) is 13.2 Å². The number of benzene rings is 1. The van der Waals surface area contributed by atoms with Crippen LogP contribution in [0.4, 0.5) is 0 Å². The Morgan fingerprint density at radius 1 is 1.56 bits per heavy atom. The number of methoxy groups -OCH3 is 1. The van der Waals surface area contributed by atoms with Gasteiger partial charge in [-0.15, -0.1) is 0 Å². The van der Waals surface area contributed by atoms with E-state index in [1.807, 2.05) is 0 Å². The minimum Gasteiger partial charge on any atom is -0.504 e. The summed E-state index contributed by atoms with van der Waals surface area (Å²) in [5.74, 6) is -0.519. The third-order valence-corrected chi connectivity index (χ3v) is 2.33. The van der Waals surface area contributed by atoms with Crippen LogP contribution in [0.5, 0.6) is 11.5 Å². The van der Waals surface area contributed by atoms with Gasteiger partial charge < -0.3 is 20.3 Å². The van der Waals surface area contributed by atoms with Gasteiger partial charge >= 0.3 is 5.97 Å². The minimum atomic E-state index is -0.908. The first-order valence-corrected chi connectivity index (χ1v) is 4.84. The summed E-state index contributed by atoms with van der Waals surface area (Å²) in [5.41, 5.74) is 0.788. The van der Waals surface area contributed by atoms with Crippen LogP contribution in [0.3, 0.4) is 0 Å². The Morgan fingerprint density at radius 2 is 2.25 bits per heavy atom. The molecule has 5 nitrogen and oxygen atoms in total. The summed E-state index contributed by atoms with van der Waals surface area (Å²) >= 11 is 0. The molecule has 1 aromatic rings. The summed E-state index contributed by atoms with van der Waals surface area (Å²) in [4.78, 5) is 10.8. The van der Waals surface area contributed by atoms with E-state index in [9.17, 15) is 9.90 Å². The molecule has 0 unspecified atom stereocenters. The zero-order valence-corrected chi connectivity index (χ0v) is 9.23. The van der Waals surface area contributed by atoms with Crippen molar-refractivity contribution in [2.45, 2.75) is 12.5 Å². The van der Waals surface area contributed by atoms with Crippen molar-refractivity contribution in [2.24, 2.45) is 0 Å². The standard InChI is InChI=1S/C11H15NO4/c1-12-8(11(14)15)5-7-3-4-9(13)10(6-7)16-2/h3-4,6,8,12-13H,5H2,1-2H3,(H,14,15)/t8-/m0/s1. The molecule has 0 heterocycles. The van der Waals surface area contributed by atoms with Crippen molar-refractivity contribution in [1.82, 2.24) is 5.32 Å². The van der Waals surface area contributed by atoms with Gasteiger partial charge in [0, 0.05) is 0 Å². The first kappa shape index (κ1) is 12.3. The highest BCUT2D eigenvalue weighted by atomic mass is 16.5. The number of ether oxygens (including phenoxy) is 1. The van der Waals surface area contributed by atoms with Crippen molar-refractivity contribution >= 4 is 5.97 Å². The average Bonchev–Trinajstić information content (AvgIpc) is 2.27. The Kier molecular flexibility index (Phi) is 4.13. The molecule has 0 saturated heterocycles. The second-order valence-corrected chi connectivity index (χ2v) is 3.39. The third-order valence-electron chi connectivity index (χ3n) is 2.33. The van der Waals surface area contributed by atoms with Crippen LogP contribution < -0.4 is 10.1 Å². The van der Waals surface area contributed by atoms with Crippen molar-refractivity contribution in [3.8, 4) is 11.5 Å². The lowest BCUT2D eigenvalue weighted by Gasteiger charge is -2.12. The molecule has 0 amide bonds. The third kappa shape index (κ3) is 2.87. The molecule has 0 radical (unpaired) electrons.